The maximum atomic E-state index is 13.9. The highest BCUT2D eigenvalue weighted by molar-refractivity contribution is 8.13. The largest absolute Gasteiger partial charge is 0.467 e. The Labute approximate surface area is 146 Å². The van der Waals surface area contributed by atoms with Gasteiger partial charge in [0.05, 0.1) is 18.5 Å². The van der Waals surface area contributed by atoms with Gasteiger partial charge in [-0.15, -0.1) is 0 Å². The molecule has 0 aliphatic heterocycles. The number of furan rings is 1. The summed E-state index contributed by atoms with van der Waals surface area (Å²) < 4.78 is 24.4. The molecule has 0 aromatic carbocycles. The van der Waals surface area contributed by atoms with Crippen LogP contribution in [0.15, 0.2) is 22.8 Å². The van der Waals surface area contributed by atoms with Crippen molar-refractivity contribution < 1.29 is 18.3 Å². The van der Waals surface area contributed by atoms with Gasteiger partial charge in [0.25, 0.3) is 0 Å². The van der Waals surface area contributed by atoms with Crippen molar-refractivity contribution in [2.45, 2.75) is 19.6 Å². The Balaban J connectivity index is 2.25. The Hall–Kier alpha value is -1.44. The summed E-state index contributed by atoms with van der Waals surface area (Å²) in [5.41, 5.74) is 0.121. The second kappa shape index (κ2) is 7.90. The molecular formula is C14H13Cl2FN2O3S. The Morgan fingerprint density at radius 1 is 1.52 bits per heavy atom. The van der Waals surface area contributed by atoms with Gasteiger partial charge in [0.2, 0.25) is 16.9 Å². The van der Waals surface area contributed by atoms with Crippen LogP contribution < -0.4 is 10.1 Å². The lowest BCUT2D eigenvalue weighted by molar-refractivity contribution is -0.116. The number of halogens is 3. The summed E-state index contributed by atoms with van der Waals surface area (Å²) in [6.45, 7) is 1.77. The van der Waals surface area contributed by atoms with E-state index < -0.39 is 12.1 Å². The van der Waals surface area contributed by atoms with Crippen LogP contribution in [0, 0.1) is 5.95 Å². The molecule has 0 amide bonds. The fraction of sp³-hybridized carbons (Fsp3) is 0.286. The lowest BCUT2D eigenvalue weighted by atomic mass is 10.3. The van der Waals surface area contributed by atoms with E-state index in [9.17, 15) is 9.18 Å². The van der Waals surface area contributed by atoms with E-state index in [4.69, 9.17) is 32.4 Å². The predicted octanol–water partition coefficient (Wildman–Crippen LogP) is 4.39. The van der Waals surface area contributed by atoms with Crippen molar-refractivity contribution >= 4 is 45.8 Å². The van der Waals surface area contributed by atoms with Crippen molar-refractivity contribution in [3.8, 4) is 5.88 Å². The van der Waals surface area contributed by atoms with Crippen LogP contribution in [0.25, 0.3) is 0 Å². The molecular weight excluding hydrogens is 366 g/mol. The number of nitrogens with one attached hydrogen (secondary N) is 1. The number of nitrogens with zero attached hydrogens (tertiary/aromatic N) is 1. The zero-order chi connectivity index (χ0) is 17.0. The first-order valence-corrected chi connectivity index (χ1v) is 8.47. The smallest absolute Gasteiger partial charge is 0.238 e. The van der Waals surface area contributed by atoms with Crippen molar-refractivity contribution in [3.05, 3.63) is 40.1 Å². The fourth-order valence-electron chi connectivity index (χ4n) is 1.70. The van der Waals surface area contributed by atoms with Crippen LogP contribution in [-0.4, -0.2) is 22.5 Å². The number of aromatic nitrogens is 1. The molecule has 2 heterocycles. The van der Waals surface area contributed by atoms with Crippen LogP contribution in [-0.2, 0) is 11.3 Å². The summed E-state index contributed by atoms with van der Waals surface area (Å²) >= 11 is 13.1. The van der Waals surface area contributed by atoms with Crippen LogP contribution in [0.1, 0.15) is 12.7 Å². The van der Waals surface area contributed by atoms with Crippen molar-refractivity contribution in [2.24, 2.45) is 0 Å². The molecule has 0 saturated carbocycles. The van der Waals surface area contributed by atoms with Crippen molar-refractivity contribution in [1.82, 2.24) is 4.98 Å². The Morgan fingerprint density at radius 2 is 2.26 bits per heavy atom. The van der Waals surface area contributed by atoms with Crippen molar-refractivity contribution in [2.75, 3.05) is 11.6 Å². The molecule has 0 aliphatic carbocycles. The molecule has 2 rings (SSSR count). The van der Waals surface area contributed by atoms with Crippen LogP contribution >= 0.6 is 35.0 Å². The van der Waals surface area contributed by atoms with E-state index in [1.165, 1.54) is 13.2 Å². The number of pyridine rings is 1. The molecule has 0 spiro atoms. The third-order valence-electron chi connectivity index (χ3n) is 2.85. The third kappa shape index (κ3) is 4.31. The third-order valence-corrected chi connectivity index (χ3v) is 4.28. The minimum Gasteiger partial charge on any atom is -0.467 e. The van der Waals surface area contributed by atoms with Gasteiger partial charge in [-0.25, -0.2) is 0 Å². The summed E-state index contributed by atoms with van der Waals surface area (Å²) in [4.78, 5) is 15.1. The summed E-state index contributed by atoms with van der Waals surface area (Å²) in [6.07, 6.45) is 2.31. The minimum atomic E-state index is -0.947. The van der Waals surface area contributed by atoms with Crippen molar-refractivity contribution in [3.63, 3.8) is 0 Å². The first-order chi connectivity index (χ1) is 10.9. The molecule has 0 radical (unpaired) electrons. The molecule has 124 valence electrons. The van der Waals surface area contributed by atoms with E-state index in [-0.39, 0.29) is 33.3 Å². The summed E-state index contributed by atoms with van der Waals surface area (Å²) in [7, 11) is 0. The Bertz CT molecular complexity index is 698. The fourth-order valence-corrected chi connectivity index (χ4v) is 2.58. The van der Waals surface area contributed by atoms with Gasteiger partial charge in [0.1, 0.15) is 15.8 Å². The van der Waals surface area contributed by atoms with Gasteiger partial charge >= 0.3 is 0 Å². The van der Waals surface area contributed by atoms with Gasteiger partial charge in [-0.2, -0.15) is 9.37 Å². The van der Waals surface area contributed by atoms with Gasteiger partial charge in [-0.3, -0.25) is 4.79 Å². The standard InChI is InChI=1S/C14H13Cl2FN2O3S/c1-7(14(20)23-2)22-13-10(16)11(9(15)12(17)19-13)18-6-8-4-3-5-21-8/h3-5,7H,6H2,1-2H3,(H,18,19). The molecule has 5 nitrogen and oxygen atoms in total. The summed E-state index contributed by atoms with van der Waals surface area (Å²) in [6, 6.07) is 3.46. The molecule has 2 aromatic heterocycles. The van der Waals surface area contributed by atoms with E-state index in [2.05, 4.69) is 10.3 Å². The molecule has 0 saturated heterocycles. The van der Waals surface area contributed by atoms with Crippen LogP contribution in [0.4, 0.5) is 10.1 Å². The second-order valence-electron chi connectivity index (χ2n) is 4.43. The maximum absolute atomic E-state index is 13.9. The van der Waals surface area contributed by atoms with Gasteiger partial charge in [0.15, 0.2) is 6.10 Å². The van der Waals surface area contributed by atoms with Gasteiger partial charge in [-0.1, -0.05) is 35.0 Å². The normalized spacial score (nSPS) is 12.0. The van der Waals surface area contributed by atoms with E-state index in [1.807, 2.05) is 0 Å². The number of hydrogen-bond donors (Lipinski definition) is 1. The zero-order valence-corrected chi connectivity index (χ0v) is 14.6. The number of anilines is 1. The number of carbonyl (C=O) groups excluding carboxylic acids is 1. The first kappa shape index (κ1) is 17.9. The van der Waals surface area contributed by atoms with Crippen LogP contribution in [0.2, 0.25) is 10.0 Å². The van der Waals surface area contributed by atoms with Crippen LogP contribution in [0.5, 0.6) is 5.88 Å². The summed E-state index contributed by atoms with van der Waals surface area (Å²) in [5.74, 6) is -0.537. The lowest BCUT2D eigenvalue weighted by Crippen LogP contribution is -2.21. The number of hydrogen-bond acceptors (Lipinski definition) is 6. The van der Waals surface area contributed by atoms with Gasteiger partial charge in [-0.05, 0) is 25.3 Å². The molecule has 2 aromatic rings. The highest BCUT2D eigenvalue weighted by Gasteiger charge is 2.22. The molecule has 0 fully saturated rings. The topological polar surface area (TPSA) is 64.4 Å². The highest BCUT2D eigenvalue weighted by Crippen LogP contribution is 2.38. The number of carbonyl (C=O) groups is 1. The SMILES string of the molecule is CSC(=O)C(C)Oc1nc(F)c(Cl)c(NCc2ccco2)c1Cl. The number of thioether (sulfide) groups is 1. The molecule has 0 aliphatic rings. The molecule has 0 bridgehead atoms. The second-order valence-corrected chi connectivity index (χ2v) is 5.99. The average Bonchev–Trinajstić information content (AvgIpc) is 3.05. The maximum Gasteiger partial charge on any atom is 0.238 e. The van der Waals surface area contributed by atoms with Crippen LogP contribution in [0.3, 0.4) is 0 Å². The Kier molecular flexibility index (Phi) is 6.15. The molecule has 9 heteroatoms. The van der Waals surface area contributed by atoms with E-state index in [1.54, 1.807) is 18.4 Å². The van der Waals surface area contributed by atoms with E-state index in [0.717, 1.165) is 11.8 Å². The lowest BCUT2D eigenvalue weighted by Gasteiger charge is -2.16. The minimum absolute atomic E-state index is 0.0105. The van der Waals surface area contributed by atoms with Crippen molar-refractivity contribution in [1.29, 1.82) is 0 Å². The molecule has 1 unspecified atom stereocenters. The Morgan fingerprint density at radius 3 is 2.87 bits per heavy atom. The number of ether oxygens (including phenoxy) is 1. The molecule has 1 N–H and O–H groups in total. The average molecular weight is 379 g/mol. The summed E-state index contributed by atoms with van der Waals surface area (Å²) in [5, 5.41) is 2.36. The predicted molar refractivity (Wildman–Crippen MR) is 88.9 cm³/mol. The highest BCUT2D eigenvalue weighted by atomic mass is 35.5. The molecule has 1 atom stereocenters. The van der Waals surface area contributed by atoms with E-state index >= 15 is 0 Å². The van der Waals surface area contributed by atoms with Gasteiger partial charge < -0.3 is 14.5 Å². The quantitative estimate of drug-likeness (QED) is 0.751. The zero-order valence-electron chi connectivity index (χ0n) is 12.2. The van der Waals surface area contributed by atoms with Gasteiger partial charge in [0, 0.05) is 0 Å². The number of rotatable bonds is 6. The monoisotopic (exact) mass is 378 g/mol. The first-order valence-electron chi connectivity index (χ1n) is 6.49. The van der Waals surface area contributed by atoms with E-state index in [0.29, 0.717) is 5.76 Å². The molecule has 23 heavy (non-hydrogen) atoms.